The third-order valence-electron chi connectivity index (χ3n) is 5.10. The van der Waals surface area contributed by atoms with E-state index < -0.39 is 0 Å². The van der Waals surface area contributed by atoms with Crippen molar-refractivity contribution in [2.24, 2.45) is 4.99 Å². The number of benzene rings is 2. The zero-order chi connectivity index (χ0) is 21.8. The topological polar surface area (TPSA) is 108 Å². The van der Waals surface area contributed by atoms with Crippen LogP contribution in [-0.2, 0) is 6.42 Å². The van der Waals surface area contributed by atoms with Crippen molar-refractivity contribution in [2.75, 3.05) is 7.05 Å². The highest BCUT2D eigenvalue weighted by molar-refractivity contribution is 6.17. The summed E-state index contributed by atoms with van der Waals surface area (Å²) in [6.07, 6.45) is 4.06. The Hall–Kier alpha value is -3.85. The first kappa shape index (κ1) is 20.9. The Morgan fingerprint density at radius 2 is 2.07 bits per heavy atom. The number of aliphatic imine (C=N–C) groups is 1. The third kappa shape index (κ3) is 3.96. The van der Waals surface area contributed by atoms with Gasteiger partial charge >= 0.3 is 0 Å². The number of aryl methyl sites for hydroxylation is 2. The van der Waals surface area contributed by atoms with Crippen LogP contribution < -0.4 is 5.32 Å². The van der Waals surface area contributed by atoms with Gasteiger partial charge in [0, 0.05) is 18.0 Å². The van der Waals surface area contributed by atoms with E-state index in [1.165, 1.54) is 11.6 Å². The maximum atomic E-state index is 10.5. The minimum atomic E-state index is -0.0308. The van der Waals surface area contributed by atoms with Gasteiger partial charge in [0.15, 0.2) is 5.88 Å². The Morgan fingerprint density at radius 3 is 2.73 bits per heavy atom. The van der Waals surface area contributed by atoms with E-state index in [-0.39, 0.29) is 11.7 Å². The number of fused-ring (bicyclic) bond motifs is 1. The van der Waals surface area contributed by atoms with Crippen molar-refractivity contribution in [1.29, 1.82) is 10.7 Å². The van der Waals surface area contributed by atoms with E-state index in [1.807, 2.05) is 13.0 Å². The van der Waals surface area contributed by atoms with Crippen LogP contribution in [0.2, 0.25) is 0 Å². The normalized spacial score (nSPS) is 11.8. The van der Waals surface area contributed by atoms with Crippen LogP contribution in [0.5, 0.6) is 5.88 Å². The van der Waals surface area contributed by atoms with Gasteiger partial charge in [-0.25, -0.2) is 4.99 Å². The van der Waals surface area contributed by atoms with Crippen molar-refractivity contribution in [3.05, 3.63) is 64.9 Å². The number of aromatic hydroxyl groups is 1. The molecule has 0 bridgehead atoms. The Bertz CT molecular complexity index is 1220. The van der Waals surface area contributed by atoms with E-state index in [4.69, 9.17) is 5.41 Å². The molecule has 0 saturated heterocycles. The van der Waals surface area contributed by atoms with E-state index in [9.17, 15) is 10.4 Å². The lowest BCUT2D eigenvalue weighted by atomic mass is 9.92. The number of nitrogens with zero attached hydrogens (tertiary/aromatic N) is 2. The predicted molar refractivity (Wildman–Crippen MR) is 122 cm³/mol. The molecule has 0 saturated carbocycles. The van der Waals surface area contributed by atoms with Crippen LogP contribution in [0.4, 0.5) is 0 Å². The number of amidine groups is 1. The van der Waals surface area contributed by atoms with Gasteiger partial charge in [0.2, 0.25) is 0 Å². The van der Waals surface area contributed by atoms with Gasteiger partial charge in [-0.15, -0.1) is 0 Å². The minimum Gasteiger partial charge on any atom is -0.494 e. The largest absolute Gasteiger partial charge is 0.494 e. The van der Waals surface area contributed by atoms with Crippen LogP contribution in [0, 0.1) is 23.7 Å². The van der Waals surface area contributed by atoms with Gasteiger partial charge in [-0.1, -0.05) is 25.1 Å². The van der Waals surface area contributed by atoms with Gasteiger partial charge in [-0.2, -0.15) is 5.26 Å². The molecule has 6 nitrogen and oxygen atoms in total. The van der Waals surface area contributed by atoms with Crippen molar-refractivity contribution >= 4 is 22.5 Å². The molecule has 152 valence electrons. The van der Waals surface area contributed by atoms with Crippen LogP contribution in [-0.4, -0.2) is 28.7 Å². The highest BCUT2D eigenvalue weighted by atomic mass is 16.3. The summed E-state index contributed by atoms with van der Waals surface area (Å²) >= 11 is 0. The van der Waals surface area contributed by atoms with Gasteiger partial charge in [0.25, 0.3) is 0 Å². The molecule has 0 aliphatic carbocycles. The number of nitriles is 1. The summed E-state index contributed by atoms with van der Waals surface area (Å²) in [6.45, 7) is 5.88. The SMILES string of the molecule is CCc1ccc(C)c(-c2cc3c(C(C)=NC(=N)/C=C\NC)c(O)[nH]c3cc2C#N)c1. The van der Waals surface area contributed by atoms with Crippen LogP contribution in [0.1, 0.15) is 36.1 Å². The highest BCUT2D eigenvalue weighted by Crippen LogP contribution is 2.35. The summed E-state index contributed by atoms with van der Waals surface area (Å²) in [5.74, 6) is 0.0349. The quantitative estimate of drug-likeness (QED) is 0.365. The first-order chi connectivity index (χ1) is 14.4. The molecule has 0 fully saturated rings. The summed E-state index contributed by atoms with van der Waals surface area (Å²) in [5, 5.41) is 31.8. The molecule has 1 heterocycles. The number of nitrogens with one attached hydrogen (secondary N) is 3. The minimum absolute atomic E-state index is 0.0308. The summed E-state index contributed by atoms with van der Waals surface area (Å²) in [5.41, 5.74) is 6.31. The molecular formula is C24H25N5O. The van der Waals surface area contributed by atoms with Crippen molar-refractivity contribution in [2.45, 2.75) is 27.2 Å². The lowest BCUT2D eigenvalue weighted by Crippen LogP contribution is -2.00. The zero-order valence-corrected chi connectivity index (χ0v) is 17.6. The molecular weight excluding hydrogens is 374 g/mol. The molecule has 0 radical (unpaired) electrons. The standard InChI is InChI=1S/C24H25N5O/c1-5-16-7-6-14(2)18(10-16)19-12-20-21(11-17(19)13-25)29-24(30)23(20)15(3)28-22(26)8-9-27-4/h6-12,26-27,29-30H,5H2,1-4H3/b9-8-,26-22?,28-15?. The highest BCUT2D eigenvalue weighted by Gasteiger charge is 2.18. The molecule has 3 rings (SSSR count). The van der Waals surface area contributed by atoms with Gasteiger partial charge < -0.3 is 15.4 Å². The molecule has 30 heavy (non-hydrogen) atoms. The summed E-state index contributed by atoms with van der Waals surface area (Å²) in [4.78, 5) is 7.22. The average molecular weight is 399 g/mol. The molecule has 0 atom stereocenters. The van der Waals surface area contributed by atoms with Gasteiger partial charge in [-0.05, 0) is 61.4 Å². The Labute approximate surface area is 176 Å². The number of hydrogen-bond donors (Lipinski definition) is 4. The average Bonchev–Trinajstić information content (AvgIpc) is 3.06. The fourth-order valence-corrected chi connectivity index (χ4v) is 3.52. The van der Waals surface area contributed by atoms with Crippen LogP contribution in [0.15, 0.2) is 47.6 Å². The second kappa shape index (κ2) is 8.66. The molecule has 3 aromatic rings. The summed E-state index contributed by atoms with van der Waals surface area (Å²) in [7, 11) is 1.75. The lowest BCUT2D eigenvalue weighted by molar-refractivity contribution is 0.457. The van der Waals surface area contributed by atoms with E-state index >= 15 is 0 Å². The number of rotatable bonds is 5. The monoisotopic (exact) mass is 399 g/mol. The second-order valence-corrected chi connectivity index (χ2v) is 7.11. The molecule has 1 aromatic heterocycles. The summed E-state index contributed by atoms with van der Waals surface area (Å²) in [6, 6.07) is 12.2. The number of aromatic nitrogens is 1. The van der Waals surface area contributed by atoms with Crippen LogP contribution >= 0.6 is 0 Å². The van der Waals surface area contributed by atoms with E-state index in [1.54, 1.807) is 26.2 Å². The molecule has 4 N–H and O–H groups in total. The molecule has 0 amide bonds. The van der Waals surface area contributed by atoms with Crippen molar-refractivity contribution in [3.63, 3.8) is 0 Å². The van der Waals surface area contributed by atoms with Gasteiger partial charge in [0.05, 0.1) is 28.4 Å². The van der Waals surface area contributed by atoms with Crippen molar-refractivity contribution in [1.82, 2.24) is 10.3 Å². The number of H-pyrrole nitrogens is 1. The maximum absolute atomic E-state index is 10.5. The maximum Gasteiger partial charge on any atom is 0.198 e. The molecule has 2 aromatic carbocycles. The second-order valence-electron chi connectivity index (χ2n) is 7.11. The smallest absolute Gasteiger partial charge is 0.198 e. The van der Waals surface area contributed by atoms with Crippen LogP contribution in [0.25, 0.3) is 22.0 Å². The molecule has 0 spiro atoms. The molecule has 0 aliphatic heterocycles. The Morgan fingerprint density at radius 1 is 1.30 bits per heavy atom. The Balaban J connectivity index is 2.24. The van der Waals surface area contributed by atoms with Crippen LogP contribution in [0.3, 0.4) is 0 Å². The molecule has 6 heteroatoms. The fraction of sp³-hybridized carbons (Fsp3) is 0.208. The van der Waals surface area contributed by atoms with Gasteiger partial charge in [-0.3, -0.25) is 5.41 Å². The first-order valence-electron chi connectivity index (χ1n) is 9.76. The number of aromatic amines is 1. The van der Waals surface area contributed by atoms with E-state index in [0.29, 0.717) is 22.4 Å². The predicted octanol–water partition coefficient (Wildman–Crippen LogP) is 4.80. The van der Waals surface area contributed by atoms with Crippen molar-refractivity contribution < 1.29 is 5.11 Å². The van der Waals surface area contributed by atoms with E-state index in [2.05, 4.69) is 46.5 Å². The summed E-state index contributed by atoms with van der Waals surface area (Å²) < 4.78 is 0. The Kier molecular flexibility index (Phi) is 6.03. The lowest BCUT2D eigenvalue weighted by Gasteiger charge is -2.11. The first-order valence-corrected chi connectivity index (χ1v) is 9.76. The number of hydrogen-bond acceptors (Lipinski definition) is 4. The molecule has 0 aliphatic rings. The third-order valence-corrected chi connectivity index (χ3v) is 5.10. The van der Waals surface area contributed by atoms with Crippen molar-refractivity contribution in [3.8, 4) is 23.1 Å². The zero-order valence-electron chi connectivity index (χ0n) is 17.6. The fourth-order valence-electron chi connectivity index (χ4n) is 3.52. The molecule has 0 unspecified atom stereocenters. The van der Waals surface area contributed by atoms with Gasteiger partial charge in [0.1, 0.15) is 5.84 Å². The van der Waals surface area contributed by atoms with E-state index in [0.717, 1.165) is 28.5 Å².